The fraction of sp³-hybridized carbons (Fsp3) is 0.231. The maximum atomic E-state index is 13.2. The molecule has 0 unspecified atom stereocenters. The van der Waals surface area contributed by atoms with Gasteiger partial charge in [-0.1, -0.05) is 48.9 Å². The smallest absolute Gasteiger partial charge is 0.261 e. The Kier molecular flexibility index (Phi) is 7.20. The van der Waals surface area contributed by atoms with Crippen molar-refractivity contribution in [3.05, 3.63) is 93.7 Å². The van der Waals surface area contributed by atoms with Crippen molar-refractivity contribution in [2.24, 2.45) is 0 Å². The third kappa shape index (κ3) is 5.01. The van der Waals surface area contributed by atoms with Crippen molar-refractivity contribution in [1.29, 1.82) is 0 Å². The Morgan fingerprint density at radius 3 is 2.47 bits per heavy atom. The number of aromatic nitrogens is 2. The van der Waals surface area contributed by atoms with Crippen molar-refractivity contribution in [3.63, 3.8) is 0 Å². The molecule has 0 saturated carbocycles. The van der Waals surface area contributed by atoms with Gasteiger partial charge in [0.25, 0.3) is 5.56 Å². The van der Waals surface area contributed by atoms with Crippen molar-refractivity contribution in [1.82, 2.24) is 9.55 Å². The molecule has 1 heterocycles. The number of aryl methyl sites for hydroxylation is 1. The van der Waals surface area contributed by atoms with Gasteiger partial charge < -0.3 is 9.47 Å². The highest BCUT2D eigenvalue weighted by molar-refractivity contribution is 6.30. The van der Waals surface area contributed by atoms with Gasteiger partial charge >= 0.3 is 0 Å². The fourth-order valence-electron chi connectivity index (χ4n) is 3.60. The van der Waals surface area contributed by atoms with Crippen LogP contribution < -0.4 is 10.3 Å². The van der Waals surface area contributed by atoms with E-state index in [9.17, 15) is 4.79 Å². The number of para-hydroxylation sites is 2. The quantitative estimate of drug-likeness (QED) is 0.323. The topological polar surface area (TPSA) is 53.4 Å². The second-order valence-corrected chi connectivity index (χ2v) is 7.77. The lowest BCUT2D eigenvalue weighted by atomic mass is 10.1. The van der Waals surface area contributed by atoms with E-state index in [2.05, 4.69) is 13.0 Å². The second kappa shape index (κ2) is 10.4. The van der Waals surface area contributed by atoms with Gasteiger partial charge in [-0.2, -0.15) is 0 Å². The SMILES string of the molecule is CCc1ccccc1OCCOCCn1c(-c2ccc(Cl)cc2)nc2ccccc2c1=O. The van der Waals surface area contributed by atoms with Crippen molar-refractivity contribution in [2.45, 2.75) is 19.9 Å². The minimum absolute atomic E-state index is 0.0859. The van der Waals surface area contributed by atoms with E-state index in [1.807, 2.05) is 48.5 Å². The molecule has 1 aromatic heterocycles. The van der Waals surface area contributed by atoms with E-state index in [4.69, 9.17) is 26.1 Å². The molecule has 0 bridgehead atoms. The van der Waals surface area contributed by atoms with Crippen LogP contribution in [0.5, 0.6) is 5.75 Å². The summed E-state index contributed by atoms with van der Waals surface area (Å²) in [5, 5.41) is 1.22. The summed E-state index contributed by atoms with van der Waals surface area (Å²) >= 11 is 6.04. The fourth-order valence-corrected chi connectivity index (χ4v) is 3.73. The Bertz CT molecular complexity index is 1250. The van der Waals surface area contributed by atoms with Crippen molar-refractivity contribution in [3.8, 4) is 17.1 Å². The molecule has 4 rings (SSSR count). The molecule has 0 amide bonds. The summed E-state index contributed by atoms with van der Waals surface area (Å²) in [5.41, 5.74) is 2.59. The molecule has 32 heavy (non-hydrogen) atoms. The Morgan fingerprint density at radius 1 is 0.906 bits per heavy atom. The highest BCUT2D eigenvalue weighted by atomic mass is 35.5. The molecule has 0 saturated heterocycles. The number of hydrogen-bond donors (Lipinski definition) is 0. The van der Waals surface area contributed by atoms with Gasteiger partial charge in [-0.05, 0) is 54.4 Å². The molecular weight excluding hydrogens is 424 g/mol. The number of rotatable bonds is 9. The number of benzene rings is 3. The van der Waals surface area contributed by atoms with E-state index in [1.165, 1.54) is 5.56 Å². The van der Waals surface area contributed by atoms with E-state index in [0.717, 1.165) is 17.7 Å². The van der Waals surface area contributed by atoms with Crippen LogP contribution >= 0.6 is 11.6 Å². The van der Waals surface area contributed by atoms with E-state index in [1.54, 1.807) is 22.8 Å². The van der Waals surface area contributed by atoms with Gasteiger partial charge in [0, 0.05) is 10.6 Å². The van der Waals surface area contributed by atoms with Crippen LogP contribution in [0.3, 0.4) is 0 Å². The van der Waals surface area contributed by atoms with Gasteiger partial charge in [0.2, 0.25) is 0 Å². The molecule has 164 valence electrons. The van der Waals surface area contributed by atoms with Crippen LogP contribution in [0.25, 0.3) is 22.3 Å². The number of nitrogens with zero attached hydrogens (tertiary/aromatic N) is 2. The van der Waals surface area contributed by atoms with Gasteiger partial charge in [-0.25, -0.2) is 4.98 Å². The zero-order valence-electron chi connectivity index (χ0n) is 18.0. The molecule has 6 heteroatoms. The van der Waals surface area contributed by atoms with Crippen LogP contribution in [-0.2, 0) is 17.7 Å². The van der Waals surface area contributed by atoms with Crippen molar-refractivity contribution < 1.29 is 9.47 Å². The summed E-state index contributed by atoms with van der Waals surface area (Å²) in [4.78, 5) is 17.9. The third-order valence-electron chi connectivity index (χ3n) is 5.26. The monoisotopic (exact) mass is 448 g/mol. The third-order valence-corrected chi connectivity index (χ3v) is 5.51. The van der Waals surface area contributed by atoms with Crippen LogP contribution in [0.1, 0.15) is 12.5 Å². The number of ether oxygens (including phenoxy) is 2. The summed E-state index contributed by atoms with van der Waals surface area (Å²) in [6.07, 6.45) is 0.919. The largest absolute Gasteiger partial charge is 0.491 e. The first-order chi connectivity index (χ1) is 15.7. The number of fused-ring (bicyclic) bond motifs is 1. The molecule has 0 spiro atoms. The highest BCUT2D eigenvalue weighted by Crippen LogP contribution is 2.21. The molecule has 0 N–H and O–H groups in total. The predicted octanol–water partition coefficient (Wildman–Crippen LogP) is 5.37. The maximum Gasteiger partial charge on any atom is 0.261 e. The molecule has 5 nitrogen and oxygen atoms in total. The Morgan fingerprint density at radius 2 is 1.66 bits per heavy atom. The first-order valence-electron chi connectivity index (χ1n) is 10.7. The molecule has 0 radical (unpaired) electrons. The predicted molar refractivity (Wildman–Crippen MR) is 129 cm³/mol. The number of hydrogen-bond acceptors (Lipinski definition) is 4. The average Bonchev–Trinajstić information content (AvgIpc) is 2.83. The van der Waals surface area contributed by atoms with Crippen LogP contribution in [-0.4, -0.2) is 29.4 Å². The molecule has 0 fully saturated rings. The van der Waals surface area contributed by atoms with Gasteiger partial charge in [-0.15, -0.1) is 0 Å². The standard InChI is InChI=1S/C26H25ClN2O3/c1-2-19-7-3-6-10-24(19)32-18-17-31-16-15-29-25(20-11-13-21(27)14-12-20)28-23-9-5-4-8-22(23)26(29)30/h3-14H,2,15-18H2,1H3. The average molecular weight is 449 g/mol. The lowest BCUT2D eigenvalue weighted by Crippen LogP contribution is -2.26. The van der Waals surface area contributed by atoms with E-state index >= 15 is 0 Å². The van der Waals surface area contributed by atoms with Crippen LogP contribution in [0, 0.1) is 0 Å². The summed E-state index contributed by atoms with van der Waals surface area (Å²) < 4.78 is 13.3. The summed E-state index contributed by atoms with van der Waals surface area (Å²) in [5.74, 6) is 1.49. The molecule has 0 aliphatic carbocycles. The lowest BCUT2D eigenvalue weighted by Gasteiger charge is -2.14. The molecule has 3 aromatic carbocycles. The highest BCUT2D eigenvalue weighted by Gasteiger charge is 2.12. The van der Waals surface area contributed by atoms with Gasteiger partial charge in [0.05, 0.1) is 30.7 Å². The Hall–Kier alpha value is -3.15. The van der Waals surface area contributed by atoms with Crippen LogP contribution in [0.2, 0.25) is 5.02 Å². The summed E-state index contributed by atoms with van der Waals surface area (Å²) in [6, 6.07) is 22.7. The summed E-state index contributed by atoms with van der Waals surface area (Å²) in [6.45, 7) is 3.75. The Labute approximate surface area is 192 Å². The lowest BCUT2D eigenvalue weighted by molar-refractivity contribution is 0.0938. The second-order valence-electron chi connectivity index (χ2n) is 7.34. The van der Waals surface area contributed by atoms with Crippen LogP contribution in [0.15, 0.2) is 77.6 Å². The van der Waals surface area contributed by atoms with Gasteiger partial charge in [0.15, 0.2) is 0 Å². The first-order valence-corrected chi connectivity index (χ1v) is 11.1. The summed E-state index contributed by atoms with van der Waals surface area (Å²) in [7, 11) is 0. The zero-order valence-corrected chi connectivity index (χ0v) is 18.7. The van der Waals surface area contributed by atoms with E-state index in [-0.39, 0.29) is 5.56 Å². The molecule has 0 atom stereocenters. The molecule has 4 aromatic rings. The molecular formula is C26H25ClN2O3. The minimum atomic E-state index is -0.0859. The maximum absolute atomic E-state index is 13.2. The molecule has 0 aliphatic rings. The van der Waals surface area contributed by atoms with Crippen molar-refractivity contribution >= 4 is 22.5 Å². The van der Waals surface area contributed by atoms with Gasteiger partial charge in [-0.3, -0.25) is 9.36 Å². The minimum Gasteiger partial charge on any atom is -0.491 e. The first kappa shape index (κ1) is 22.1. The normalized spacial score (nSPS) is 11.1. The van der Waals surface area contributed by atoms with E-state index < -0.39 is 0 Å². The van der Waals surface area contributed by atoms with Crippen LogP contribution in [0.4, 0.5) is 0 Å². The van der Waals surface area contributed by atoms with Crippen molar-refractivity contribution in [2.75, 3.05) is 19.8 Å². The van der Waals surface area contributed by atoms with E-state index in [0.29, 0.717) is 48.1 Å². The Balaban J connectivity index is 1.46. The molecule has 0 aliphatic heterocycles. The van der Waals surface area contributed by atoms with Gasteiger partial charge in [0.1, 0.15) is 18.2 Å². The number of halogens is 1. The zero-order chi connectivity index (χ0) is 22.3.